The second-order valence-corrected chi connectivity index (χ2v) is 3.62. The van der Waals surface area contributed by atoms with Crippen LogP contribution >= 0.6 is 0 Å². The summed E-state index contributed by atoms with van der Waals surface area (Å²) in [6.45, 7) is 1.94. The lowest BCUT2D eigenvalue weighted by Crippen LogP contribution is -2.35. The van der Waals surface area contributed by atoms with Gasteiger partial charge in [-0.1, -0.05) is 0 Å². The molecule has 6 nitrogen and oxygen atoms in total. The fourth-order valence-corrected chi connectivity index (χ4v) is 1.30. The van der Waals surface area contributed by atoms with E-state index in [2.05, 4.69) is 14.2 Å². The molecule has 0 aliphatic carbocycles. The van der Waals surface area contributed by atoms with E-state index in [1.165, 1.54) is 13.8 Å². The standard InChI is InChI=1S/C12H18F2O6/c1-3-19-11(16)10(12(17)20-4-2)8(15)5-6-18-7-9(13)14/h9-10H,3-7H2,1-2H3. The normalized spacial score (nSPS) is 10.7. The molecule has 0 aromatic carbocycles. The van der Waals surface area contributed by atoms with Crippen molar-refractivity contribution >= 4 is 17.7 Å². The maximum Gasteiger partial charge on any atom is 0.328 e. The molecule has 8 heteroatoms. The molecule has 0 aromatic heterocycles. The molecule has 0 aliphatic heterocycles. The minimum Gasteiger partial charge on any atom is -0.465 e. The number of hydrogen-bond acceptors (Lipinski definition) is 6. The molecule has 0 heterocycles. The maximum absolute atomic E-state index is 11.8. The number of alkyl halides is 2. The van der Waals surface area contributed by atoms with Gasteiger partial charge in [0.15, 0.2) is 5.78 Å². The van der Waals surface area contributed by atoms with Crippen LogP contribution in [0.5, 0.6) is 0 Å². The molecule has 0 aromatic rings. The Hall–Kier alpha value is -1.57. The monoisotopic (exact) mass is 296 g/mol. The van der Waals surface area contributed by atoms with Gasteiger partial charge in [-0.25, -0.2) is 8.78 Å². The Kier molecular flexibility index (Phi) is 9.44. The first-order valence-electron chi connectivity index (χ1n) is 6.15. The minimum atomic E-state index is -2.64. The highest BCUT2D eigenvalue weighted by Crippen LogP contribution is 2.09. The first-order valence-corrected chi connectivity index (χ1v) is 6.15. The Balaban J connectivity index is 4.48. The van der Waals surface area contributed by atoms with Gasteiger partial charge in [0.1, 0.15) is 6.61 Å². The predicted molar refractivity (Wildman–Crippen MR) is 63.2 cm³/mol. The van der Waals surface area contributed by atoms with Gasteiger partial charge in [0, 0.05) is 6.42 Å². The number of halogens is 2. The van der Waals surface area contributed by atoms with Crippen molar-refractivity contribution < 1.29 is 37.4 Å². The molecule has 0 spiro atoms. The van der Waals surface area contributed by atoms with Gasteiger partial charge in [-0.3, -0.25) is 14.4 Å². The van der Waals surface area contributed by atoms with Crippen molar-refractivity contribution in [1.29, 1.82) is 0 Å². The average molecular weight is 296 g/mol. The van der Waals surface area contributed by atoms with E-state index in [1.54, 1.807) is 0 Å². The van der Waals surface area contributed by atoms with E-state index in [4.69, 9.17) is 0 Å². The van der Waals surface area contributed by atoms with Crippen molar-refractivity contribution in [2.75, 3.05) is 26.4 Å². The van der Waals surface area contributed by atoms with Gasteiger partial charge in [-0.15, -0.1) is 0 Å². The van der Waals surface area contributed by atoms with Crippen LogP contribution in [0, 0.1) is 5.92 Å². The predicted octanol–water partition coefficient (Wildman–Crippen LogP) is 0.970. The molecule has 0 unspecified atom stereocenters. The van der Waals surface area contributed by atoms with Gasteiger partial charge in [0.2, 0.25) is 5.92 Å². The molecule has 0 aliphatic rings. The summed E-state index contributed by atoms with van der Waals surface area (Å²) in [7, 11) is 0. The highest BCUT2D eigenvalue weighted by molar-refractivity contribution is 6.14. The Morgan fingerprint density at radius 2 is 1.50 bits per heavy atom. The van der Waals surface area contributed by atoms with Gasteiger partial charge in [0.25, 0.3) is 6.43 Å². The molecule has 116 valence electrons. The molecule has 20 heavy (non-hydrogen) atoms. The molecule has 0 bridgehead atoms. The van der Waals surface area contributed by atoms with Crippen LogP contribution in [0.1, 0.15) is 20.3 Å². The minimum absolute atomic E-state index is 0.00387. The molecule has 0 fully saturated rings. The third kappa shape index (κ3) is 7.13. The van der Waals surface area contributed by atoms with Crippen LogP contribution in [-0.2, 0) is 28.6 Å². The van der Waals surface area contributed by atoms with Gasteiger partial charge in [0.05, 0.1) is 19.8 Å². The van der Waals surface area contributed by atoms with Crippen LogP contribution in [-0.4, -0.2) is 50.6 Å². The van der Waals surface area contributed by atoms with E-state index in [1.807, 2.05) is 0 Å². The van der Waals surface area contributed by atoms with E-state index < -0.39 is 36.7 Å². The number of hydrogen-bond donors (Lipinski definition) is 0. The van der Waals surface area contributed by atoms with E-state index in [-0.39, 0.29) is 26.2 Å². The average Bonchev–Trinajstić information content (AvgIpc) is 2.35. The lowest BCUT2D eigenvalue weighted by Gasteiger charge is -2.13. The van der Waals surface area contributed by atoms with Crippen molar-refractivity contribution in [3.8, 4) is 0 Å². The van der Waals surface area contributed by atoms with E-state index in [0.717, 1.165) is 0 Å². The van der Waals surface area contributed by atoms with Crippen LogP contribution in [0.25, 0.3) is 0 Å². The fourth-order valence-electron chi connectivity index (χ4n) is 1.30. The highest BCUT2D eigenvalue weighted by Gasteiger charge is 2.36. The molecular weight excluding hydrogens is 278 g/mol. The number of carbonyl (C=O) groups excluding carboxylic acids is 3. The topological polar surface area (TPSA) is 78.9 Å². The number of ether oxygens (including phenoxy) is 3. The van der Waals surface area contributed by atoms with Gasteiger partial charge >= 0.3 is 11.9 Å². The van der Waals surface area contributed by atoms with E-state index in [0.29, 0.717) is 0 Å². The number of esters is 2. The zero-order chi connectivity index (χ0) is 15.5. The van der Waals surface area contributed by atoms with E-state index in [9.17, 15) is 23.2 Å². The lowest BCUT2D eigenvalue weighted by molar-refractivity contribution is -0.164. The molecule has 0 saturated heterocycles. The van der Waals surface area contributed by atoms with Crippen molar-refractivity contribution in [1.82, 2.24) is 0 Å². The third-order valence-electron chi connectivity index (χ3n) is 2.10. The molecular formula is C12H18F2O6. The molecule has 0 radical (unpaired) electrons. The van der Waals surface area contributed by atoms with Crippen molar-refractivity contribution in [2.24, 2.45) is 5.92 Å². The van der Waals surface area contributed by atoms with Crippen molar-refractivity contribution in [3.05, 3.63) is 0 Å². The Bertz CT molecular complexity index is 314. The second kappa shape index (κ2) is 10.2. The van der Waals surface area contributed by atoms with Crippen LogP contribution in [0.2, 0.25) is 0 Å². The number of ketones is 1. The van der Waals surface area contributed by atoms with Crippen molar-refractivity contribution in [2.45, 2.75) is 26.7 Å². The summed E-state index contributed by atoms with van der Waals surface area (Å²) in [5.74, 6) is -4.49. The number of Topliss-reactive ketones (excluding diaryl/α,β-unsaturated/α-hetero) is 1. The summed E-state index contributed by atoms with van der Waals surface area (Å²) in [6.07, 6.45) is -2.99. The summed E-state index contributed by atoms with van der Waals surface area (Å²) in [5, 5.41) is 0. The summed E-state index contributed by atoms with van der Waals surface area (Å²) in [4.78, 5) is 34.8. The second-order valence-electron chi connectivity index (χ2n) is 3.62. The smallest absolute Gasteiger partial charge is 0.328 e. The summed E-state index contributed by atoms with van der Waals surface area (Å²) < 4.78 is 37.4. The highest BCUT2D eigenvalue weighted by atomic mass is 19.3. The van der Waals surface area contributed by atoms with Crippen LogP contribution in [0.15, 0.2) is 0 Å². The quantitative estimate of drug-likeness (QED) is 0.339. The Morgan fingerprint density at radius 3 is 1.90 bits per heavy atom. The lowest BCUT2D eigenvalue weighted by atomic mass is 10.0. The maximum atomic E-state index is 11.8. The molecule has 0 amide bonds. The fraction of sp³-hybridized carbons (Fsp3) is 0.750. The molecule has 0 N–H and O–H groups in total. The first kappa shape index (κ1) is 18.4. The summed E-state index contributed by atoms with van der Waals surface area (Å²) in [5.41, 5.74) is 0. The number of carbonyl (C=O) groups is 3. The molecule has 0 atom stereocenters. The SMILES string of the molecule is CCOC(=O)C(C(=O)CCOCC(F)F)C(=O)OCC. The summed E-state index contributed by atoms with van der Waals surface area (Å²) in [6, 6.07) is 0. The summed E-state index contributed by atoms with van der Waals surface area (Å²) >= 11 is 0. The molecule has 0 saturated carbocycles. The van der Waals surface area contributed by atoms with Gasteiger partial charge in [-0.05, 0) is 13.8 Å². The van der Waals surface area contributed by atoms with Crippen LogP contribution < -0.4 is 0 Å². The van der Waals surface area contributed by atoms with Crippen LogP contribution in [0.4, 0.5) is 8.78 Å². The zero-order valence-corrected chi connectivity index (χ0v) is 11.4. The van der Waals surface area contributed by atoms with Crippen LogP contribution in [0.3, 0.4) is 0 Å². The van der Waals surface area contributed by atoms with Gasteiger partial charge in [-0.2, -0.15) is 0 Å². The first-order chi connectivity index (χ1) is 9.43. The molecule has 0 rings (SSSR count). The van der Waals surface area contributed by atoms with Gasteiger partial charge < -0.3 is 14.2 Å². The Labute approximate surface area is 115 Å². The van der Waals surface area contributed by atoms with Crippen molar-refractivity contribution in [3.63, 3.8) is 0 Å². The Morgan fingerprint density at radius 1 is 1.00 bits per heavy atom. The third-order valence-corrected chi connectivity index (χ3v) is 2.10. The largest absolute Gasteiger partial charge is 0.465 e. The van der Waals surface area contributed by atoms with E-state index >= 15 is 0 Å². The number of rotatable bonds is 10. The zero-order valence-electron chi connectivity index (χ0n) is 11.4.